The van der Waals surface area contributed by atoms with E-state index in [1.807, 2.05) is 13.1 Å². The quantitative estimate of drug-likeness (QED) is 0.765. The minimum Gasteiger partial charge on any atom is -0.493 e. The molecule has 0 fully saturated rings. The van der Waals surface area contributed by atoms with Crippen molar-refractivity contribution in [2.24, 2.45) is 0 Å². The van der Waals surface area contributed by atoms with Gasteiger partial charge in [0.05, 0.1) is 7.11 Å². The summed E-state index contributed by atoms with van der Waals surface area (Å²) >= 11 is 3.33. The SMILES string of the molecule is CCn1cc(Br)cc1C(=O)NCc1ccc(OC)c(OC(F)F)c1. The molecule has 0 aliphatic rings. The van der Waals surface area contributed by atoms with Crippen molar-refractivity contribution in [2.75, 3.05) is 7.11 Å². The number of halogens is 3. The summed E-state index contributed by atoms with van der Waals surface area (Å²) in [5, 5.41) is 2.76. The van der Waals surface area contributed by atoms with Gasteiger partial charge in [-0.2, -0.15) is 8.78 Å². The van der Waals surface area contributed by atoms with Crippen molar-refractivity contribution in [3.8, 4) is 11.5 Å². The number of methoxy groups -OCH3 is 1. The van der Waals surface area contributed by atoms with Crippen LogP contribution < -0.4 is 14.8 Å². The van der Waals surface area contributed by atoms with Gasteiger partial charge in [-0.25, -0.2) is 0 Å². The first kappa shape index (κ1) is 18.3. The predicted molar refractivity (Wildman–Crippen MR) is 88.6 cm³/mol. The van der Waals surface area contributed by atoms with E-state index >= 15 is 0 Å². The third-order valence-electron chi connectivity index (χ3n) is 3.33. The van der Waals surface area contributed by atoms with E-state index in [1.54, 1.807) is 16.7 Å². The fraction of sp³-hybridized carbons (Fsp3) is 0.312. The Balaban J connectivity index is 2.09. The molecule has 2 rings (SSSR count). The molecule has 5 nitrogen and oxygen atoms in total. The van der Waals surface area contributed by atoms with Gasteiger partial charge >= 0.3 is 6.61 Å². The van der Waals surface area contributed by atoms with Crippen LogP contribution in [0.15, 0.2) is 34.9 Å². The van der Waals surface area contributed by atoms with Crippen LogP contribution in [0.4, 0.5) is 8.78 Å². The molecule has 0 atom stereocenters. The van der Waals surface area contributed by atoms with E-state index in [2.05, 4.69) is 26.0 Å². The Kier molecular flexibility index (Phi) is 6.19. The number of hydrogen-bond acceptors (Lipinski definition) is 3. The number of hydrogen-bond donors (Lipinski definition) is 1. The Morgan fingerprint density at radius 3 is 2.71 bits per heavy atom. The smallest absolute Gasteiger partial charge is 0.387 e. The summed E-state index contributed by atoms with van der Waals surface area (Å²) in [5.74, 6) is -0.122. The molecule has 1 aromatic carbocycles. The number of ether oxygens (including phenoxy) is 2. The maximum Gasteiger partial charge on any atom is 0.387 e. The van der Waals surface area contributed by atoms with Gasteiger partial charge < -0.3 is 19.4 Å². The number of carbonyl (C=O) groups is 1. The fourth-order valence-electron chi connectivity index (χ4n) is 2.22. The lowest BCUT2D eigenvalue weighted by atomic mass is 10.2. The molecule has 1 N–H and O–H groups in total. The maximum absolute atomic E-state index is 12.4. The van der Waals surface area contributed by atoms with E-state index < -0.39 is 6.61 Å². The number of benzene rings is 1. The van der Waals surface area contributed by atoms with Crippen molar-refractivity contribution in [3.63, 3.8) is 0 Å². The molecule has 0 unspecified atom stereocenters. The minimum atomic E-state index is -2.95. The lowest BCUT2D eigenvalue weighted by Crippen LogP contribution is -2.25. The van der Waals surface area contributed by atoms with E-state index in [-0.39, 0.29) is 24.0 Å². The summed E-state index contributed by atoms with van der Waals surface area (Å²) in [6.07, 6.45) is 1.82. The van der Waals surface area contributed by atoms with Crippen LogP contribution in [0.2, 0.25) is 0 Å². The highest BCUT2D eigenvalue weighted by atomic mass is 79.9. The Morgan fingerprint density at radius 2 is 2.08 bits per heavy atom. The second-order valence-electron chi connectivity index (χ2n) is 4.88. The van der Waals surface area contributed by atoms with E-state index in [4.69, 9.17) is 4.74 Å². The first-order valence-electron chi connectivity index (χ1n) is 7.20. The van der Waals surface area contributed by atoms with Crippen LogP contribution >= 0.6 is 15.9 Å². The molecule has 0 bridgehead atoms. The lowest BCUT2D eigenvalue weighted by Gasteiger charge is -2.12. The number of nitrogens with zero attached hydrogens (tertiary/aromatic N) is 1. The van der Waals surface area contributed by atoms with Crippen molar-refractivity contribution >= 4 is 21.8 Å². The maximum atomic E-state index is 12.4. The molecule has 8 heteroatoms. The number of carbonyl (C=O) groups excluding carboxylic acids is 1. The first-order chi connectivity index (χ1) is 11.4. The van der Waals surface area contributed by atoms with Crippen LogP contribution in [-0.2, 0) is 13.1 Å². The minimum absolute atomic E-state index is 0.0704. The number of amides is 1. The molecule has 1 amide bonds. The standard InChI is InChI=1S/C16H17BrF2N2O3/c1-3-21-9-11(17)7-12(21)15(22)20-8-10-4-5-13(23-2)14(6-10)24-16(18)19/h4-7,9,16H,3,8H2,1-2H3,(H,20,22). The van der Waals surface area contributed by atoms with E-state index in [9.17, 15) is 13.6 Å². The number of aromatic nitrogens is 1. The zero-order chi connectivity index (χ0) is 17.7. The highest BCUT2D eigenvalue weighted by Gasteiger charge is 2.14. The topological polar surface area (TPSA) is 52.5 Å². The van der Waals surface area contributed by atoms with Gasteiger partial charge in [0.1, 0.15) is 5.69 Å². The molecule has 0 radical (unpaired) electrons. The number of nitrogens with one attached hydrogen (secondary N) is 1. The van der Waals surface area contributed by atoms with Gasteiger partial charge in [-0.05, 0) is 46.6 Å². The zero-order valence-corrected chi connectivity index (χ0v) is 14.8. The van der Waals surface area contributed by atoms with Gasteiger partial charge in [0.25, 0.3) is 5.91 Å². The fourth-order valence-corrected chi connectivity index (χ4v) is 2.68. The summed E-state index contributed by atoms with van der Waals surface area (Å²) in [6, 6.07) is 6.33. The van der Waals surface area contributed by atoms with Crippen molar-refractivity contribution < 1.29 is 23.0 Å². The van der Waals surface area contributed by atoms with Crippen molar-refractivity contribution in [2.45, 2.75) is 26.6 Å². The average Bonchev–Trinajstić information content (AvgIpc) is 2.93. The number of alkyl halides is 2. The Morgan fingerprint density at radius 1 is 1.33 bits per heavy atom. The Bertz CT molecular complexity index is 719. The van der Waals surface area contributed by atoms with E-state index in [1.165, 1.54) is 19.2 Å². The second kappa shape index (κ2) is 8.14. The van der Waals surface area contributed by atoms with Gasteiger partial charge in [-0.3, -0.25) is 4.79 Å². The molecule has 1 aromatic heterocycles. The monoisotopic (exact) mass is 402 g/mol. The van der Waals surface area contributed by atoms with Gasteiger partial charge in [-0.1, -0.05) is 6.07 Å². The van der Waals surface area contributed by atoms with Crippen LogP contribution in [0.1, 0.15) is 23.0 Å². The molecule has 0 saturated carbocycles. The van der Waals surface area contributed by atoms with Crippen molar-refractivity contribution in [3.05, 3.63) is 46.2 Å². The third kappa shape index (κ3) is 4.47. The van der Waals surface area contributed by atoms with Gasteiger partial charge in [0.2, 0.25) is 0 Å². The molecule has 130 valence electrons. The largest absolute Gasteiger partial charge is 0.493 e. The summed E-state index contributed by atoms with van der Waals surface area (Å²) in [6.45, 7) is -0.187. The molecule has 0 aliphatic carbocycles. The molecule has 0 saturated heterocycles. The molecule has 0 aliphatic heterocycles. The Hall–Kier alpha value is -2.09. The number of rotatable bonds is 7. The van der Waals surface area contributed by atoms with Crippen molar-refractivity contribution in [1.29, 1.82) is 0 Å². The molecular weight excluding hydrogens is 386 g/mol. The van der Waals surface area contributed by atoms with E-state index in [0.29, 0.717) is 17.8 Å². The lowest BCUT2D eigenvalue weighted by molar-refractivity contribution is -0.0512. The second-order valence-corrected chi connectivity index (χ2v) is 5.79. The van der Waals surface area contributed by atoms with Crippen molar-refractivity contribution in [1.82, 2.24) is 9.88 Å². The molecule has 0 spiro atoms. The molecule has 1 heterocycles. The van der Waals surface area contributed by atoms with Crippen LogP contribution in [0, 0.1) is 0 Å². The van der Waals surface area contributed by atoms with Crippen LogP contribution in [0.5, 0.6) is 11.5 Å². The zero-order valence-electron chi connectivity index (χ0n) is 13.2. The van der Waals surface area contributed by atoms with Crippen LogP contribution in [0.25, 0.3) is 0 Å². The predicted octanol–water partition coefficient (Wildman–Crippen LogP) is 3.81. The molecular formula is C16H17BrF2N2O3. The summed E-state index contributed by atoms with van der Waals surface area (Å²) in [7, 11) is 1.37. The first-order valence-corrected chi connectivity index (χ1v) is 7.99. The normalized spacial score (nSPS) is 10.8. The highest BCUT2D eigenvalue weighted by Crippen LogP contribution is 2.29. The highest BCUT2D eigenvalue weighted by molar-refractivity contribution is 9.10. The van der Waals surface area contributed by atoms with E-state index in [0.717, 1.165) is 4.47 Å². The Labute approximate surface area is 146 Å². The summed E-state index contributed by atoms with van der Waals surface area (Å²) in [4.78, 5) is 12.3. The average molecular weight is 403 g/mol. The molecule has 24 heavy (non-hydrogen) atoms. The van der Waals surface area contributed by atoms with Crippen LogP contribution in [0.3, 0.4) is 0 Å². The van der Waals surface area contributed by atoms with Crippen LogP contribution in [-0.4, -0.2) is 24.2 Å². The third-order valence-corrected chi connectivity index (χ3v) is 3.77. The summed E-state index contributed by atoms with van der Waals surface area (Å²) < 4.78 is 36.9. The summed E-state index contributed by atoms with van der Waals surface area (Å²) in [5.41, 5.74) is 1.13. The van der Waals surface area contributed by atoms with Gasteiger partial charge in [0, 0.05) is 23.8 Å². The van der Waals surface area contributed by atoms with Gasteiger partial charge in [-0.15, -0.1) is 0 Å². The number of aryl methyl sites for hydroxylation is 1. The molecule has 2 aromatic rings. The van der Waals surface area contributed by atoms with Gasteiger partial charge in [0.15, 0.2) is 11.5 Å².